The Kier molecular flexibility index (Phi) is 9.20. The lowest BCUT2D eigenvalue weighted by molar-refractivity contribution is 1.18. The zero-order valence-corrected chi connectivity index (χ0v) is 35.1. The number of hydrogen-bond donors (Lipinski definition) is 0. The van der Waals surface area contributed by atoms with E-state index in [1.807, 2.05) is 0 Å². The van der Waals surface area contributed by atoms with Crippen LogP contribution >= 0.6 is 0 Å². The summed E-state index contributed by atoms with van der Waals surface area (Å²) in [5.41, 5.74) is 16.5. The molecule has 0 aliphatic carbocycles. The van der Waals surface area contributed by atoms with Crippen LogP contribution in [0.2, 0.25) is 0 Å². The molecule has 0 bridgehead atoms. The minimum atomic E-state index is 1.09. The molecule has 0 N–H and O–H groups in total. The van der Waals surface area contributed by atoms with Crippen LogP contribution in [0.25, 0.3) is 93.5 Å². The lowest BCUT2D eigenvalue weighted by Gasteiger charge is -2.26. The molecule has 0 saturated carbocycles. The van der Waals surface area contributed by atoms with Crippen LogP contribution in [-0.2, 0) is 0 Å². The van der Waals surface area contributed by atoms with E-state index in [1.54, 1.807) is 0 Å². The highest BCUT2D eigenvalue weighted by molar-refractivity contribution is 6.22. The highest BCUT2D eigenvalue weighted by atomic mass is 15.1. The first-order valence-electron chi connectivity index (χ1n) is 22.0. The van der Waals surface area contributed by atoms with E-state index in [-0.39, 0.29) is 0 Å². The van der Waals surface area contributed by atoms with Crippen molar-refractivity contribution in [3.63, 3.8) is 0 Å². The van der Waals surface area contributed by atoms with Crippen molar-refractivity contribution in [1.29, 1.82) is 0 Å². The van der Waals surface area contributed by atoms with E-state index in [0.29, 0.717) is 0 Å². The minimum Gasteiger partial charge on any atom is -0.310 e. The van der Waals surface area contributed by atoms with Crippen LogP contribution in [0.15, 0.2) is 255 Å². The molecule has 2 nitrogen and oxygen atoms in total. The summed E-state index contributed by atoms with van der Waals surface area (Å²) in [6.45, 7) is 0. The van der Waals surface area contributed by atoms with Crippen molar-refractivity contribution in [2.75, 3.05) is 4.90 Å². The summed E-state index contributed by atoms with van der Waals surface area (Å²) in [6.07, 6.45) is 0. The second-order valence-electron chi connectivity index (χ2n) is 16.5. The summed E-state index contributed by atoms with van der Waals surface area (Å²) in [5.74, 6) is 0. The standard InChI is InChI=1S/C62H42N2/c1-5-17-43(18-6-1)44-29-34-50(35-30-44)63(52-38-40-60-57(42-52)53-25-15-16-28-59(53)64(60)49-23-11-4-12-24-49)51-36-31-45(32-37-51)48-33-39-56-58(41-48)62(47-21-9-3-10-22-47)55-27-14-13-26-54(55)61(56)46-19-7-2-8-20-46/h1-42H. The zero-order chi connectivity index (χ0) is 42.4. The summed E-state index contributed by atoms with van der Waals surface area (Å²) in [5, 5.41) is 7.45. The van der Waals surface area contributed by atoms with E-state index in [2.05, 4.69) is 264 Å². The summed E-state index contributed by atoms with van der Waals surface area (Å²) >= 11 is 0. The van der Waals surface area contributed by atoms with Crippen LogP contribution in [-0.4, -0.2) is 4.57 Å². The summed E-state index contributed by atoms with van der Waals surface area (Å²) < 4.78 is 2.38. The summed E-state index contributed by atoms with van der Waals surface area (Å²) in [6, 6.07) is 92.6. The molecule has 0 atom stereocenters. The molecular formula is C62H42N2. The average Bonchev–Trinajstić information content (AvgIpc) is 3.71. The van der Waals surface area contributed by atoms with Gasteiger partial charge in [-0.1, -0.05) is 188 Å². The third-order valence-electron chi connectivity index (χ3n) is 12.8. The first-order chi connectivity index (χ1) is 31.8. The fourth-order valence-electron chi connectivity index (χ4n) is 9.83. The second kappa shape index (κ2) is 15.8. The summed E-state index contributed by atoms with van der Waals surface area (Å²) in [7, 11) is 0. The molecule has 2 heteroatoms. The molecule has 0 aliphatic heterocycles. The molecule has 0 amide bonds. The van der Waals surface area contributed by atoms with Crippen molar-refractivity contribution in [2.24, 2.45) is 0 Å². The van der Waals surface area contributed by atoms with Gasteiger partial charge in [0, 0.05) is 33.5 Å². The van der Waals surface area contributed by atoms with Gasteiger partial charge < -0.3 is 9.47 Å². The number of para-hydroxylation sites is 2. The van der Waals surface area contributed by atoms with Gasteiger partial charge in [-0.05, 0) is 133 Å². The van der Waals surface area contributed by atoms with E-state index in [4.69, 9.17) is 0 Å². The Labute approximate surface area is 373 Å². The number of anilines is 3. The van der Waals surface area contributed by atoms with Gasteiger partial charge >= 0.3 is 0 Å². The van der Waals surface area contributed by atoms with Crippen molar-refractivity contribution < 1.29 is 0 Å². The Morgan fingerprint density at radius 1 is 0.234 bits per heavy atom. The SMILES string of the molecule is c1ccc(-c2ccc(N(c3ccc(-c4ccc5c(-c6ccccc6)c6ccccc6c(-c6ccccc6)c5c4)cc3)c3ccc4c(c3)c3ccccc3n4-c3ccccc3)cc2)cc1. The molecule has 0 unspecified atom stereocenters. The molecule has 0 saturated heterocycles. The summed E-state index contributed by atoms with van der Waals surface area (Å²) in [4.78, 5) is 2.39. The number of nitrogens with zero attached hydrogens (tertiary/aromatic N) is 2. The Hall–Kier alpha value is -8.46. The molecule has 64 heavy (non-hydrogen) atoms. The maximum Gasteiger partial charge on any atom is 0.0542 e. The normalized spacial score (nSPS) is 11.4. The van der Waals surface area contributed by atoms with E-state index in [9.17, 15) is 0 Å². The van der Waals surface area contributed by atoms with Gasteiger partial charge in [-0.15, -0.1) is 0 Å². The van der Waals surface area contributed by atoms with Gasteiger partial charge in [0.25, 0.3) is 0 Å². The highest BCUT2D eigenvalue weighted by Crippen LogP contribution is 2.46. The topological polar surface area (TPSA) is 8.17 Å². The van der Waals surface area contributed by atoms with Crippen molar-refractivity contribution in [1.82, 2.24) is 4.57 Å². The van der Waals surface area contributed by atoms with E-state index in [0.717, 1.165) is 22.7 Å². The minimum absolute atomic E-state index is 1.09. The molecule has 1 aromatic heterocycles. The molecule has 0 spiro atoms. The van der Waals surface area contributed by atoms with Gasteiger partial charge in [0.05, 0.1) is 11.0 Å². The first-order valence-corrected chi connectivity index (χ1v) is 22.0. The van der Waals surface area contributed by atoms with Crippen LogP contribution in [0.3, 0.4) is 0 Å². The molecule has 0 aliphatic rings. The maximum absolute atomic E-state index is 2.40. The van der Waals surface area contributed by atoms with Gasteiger partial charge in [0.2, 0.25) is 0 Å². The molecule has 300 valence electrons. The molecule has 1 heterocycles. The monoisotopic (exact) mass is 814 g/mol. The smallest absolute Gasteiger partial charge is 0.0542 e. The van der Waals surface area contributed by atoms with Gasteiger partial charge in [-0.2, -0.15) is 0 Å². The average molecular weight is 815 g/mol. The quantitative estimate of drug-likeness (QED) is 0.139. The Morgan fingerprint density at radius 2 is 0.641 bits per heavy atom. The first kappa shape index (κ1) is 37.3. The third kappa shape index (κ3) is 6.44. The van der Waals surface area contributed by atoms with Crippen LogP contribution in [0.5, 0.6) is 0 Å². The third-order valence-corrected chi connectivity index (χ3v) is 12.8. The van der Waals surface area contributed by atoms with Crippen molar-refractivity contribution in [2.45, 2.75) is 0 Å². The van der Waals surface area contributed by atoms with Crippen molar-refractivity contribution >= 4 is 60.4 Å². The predicted molar refractivity (Wildman–Crippen MR) is 272 cm³/mol. The molecular weight excluding hydrogens is 773 g/mol. The van der Waals surface area contributed by atoms with Crippen LogP contribution < -0.4 is 4.90 Å². The Balaban J connectivity index is 1.01. The van der Waals surface area contributed by atoms with E-state index >= 15 is 0 Å². The van der Waals surface area contributed by atoms with Crippen LogP contribution in [0, 0.1) is 0 Å². The number of aromatic nitrogens is 1. The van der Waals surface area contributed by atoms with Gasteiger partial charge in [0.15, 0.2) is 0 Å². The molecule has 0 fully saturated rings. The van der Waals surface area contributed by atoms with Gasteiger partial charge in [-0.25, -0.2) is 0 Å². The lowest BCUT2D eigenvalue weighted by atomic mass is 9.85. The lowest BCUT2D eigenvalue weighted by Crippen LogP contribution is -2.10. The number of fused-ring (bicyclic) bond motifs is 5. The molecule has 12 rings (SSSR count). The second-order valence-corrected chi connectivity index (χ2v) is 16.5. The van der Waals surface area contributed by atoms with Gasteiger partial charge in [0.1, 0.15) is 0 Å². The number of benzene rings is 11. The van der Waals surface area contributed by atoms with E-state index in [1.165, 1.54) is 87.9 Å². The van der Waals surface area contributed by atoms with Gasteiger partial charge in [-0.3, -0.25) is 0 Å². The van der Waals surface area contributed by atoms with E-state index < -0.39 is 0 Å². The van der Waals surface area contributed by atoms with Crippen molar-refractivity contribution in [3.8, 4) is 50.2 Å². The molecule has 12 aromatic rings. The highest BCUT2D eigenvalue weighted by Gasteiger charge is 2.20. The molecule has 11 aromatic carbocycles. The fourth-order valence-corrected chi connectivity index (χ4v) is 9.83. The van der Waals surface area contributed by atoms with Crippen LogP contribution in [0.1, 0.15) is 0 Å². The predicted octanol–water partition coefficient (Wildman–Crippen LogP) is 17.2. The Morgan fingerprint density at radius 3 is 1.23 bits per heavy atom. The van der Waals surface area contributed by atoms with Crippen LogP contribution in [0.4, 0.5) is 17.1 Å². The fraction of sp³-hybridized carbons (Fsp3) is 0. The number of rotatable bonds is 8. The number of hydrogen-bond acceptors (Lipinski definition) is 1. The van der Waals surface area contributed by atoms with Crippen molar-refractivity contribution in [3.05, 3.63) is 255 Å². The maximum atomic E-state index is 2.40. The largest absolute Gasteiger partial charge is 0.310 e. The molecule has 0 radical (unpaired) electrons. The zero-order valence-electron chi connectivity index (χ0n) is 35.1. The Bertz CT molecular complexity index is 3610.